The smallest absolute Gasteiger partial charge is 0.124 e. The molecule has 1 aromatic heterocycles. The third-order valence-corrected chi connectivity index (χ3v) is 5.06. The lowest BCUT2D eigenvalue weighted by Gasteiger charge is -2.02. The van der Waals surface area contributed by atoms with Crippen molar-refractivity contribution in [2.45, 2.75) is 0 Å². The zero-order valence-corrected chi connectivity index (χ0v) is 14.0. The van der Waals surface area contributed by atoms with E-state index in [1.807, 2.05) is 41.8 Å². The van der Waals surface area contributed by atoms with E-state index in [1.165, 1.54) is 0 Å². The van der Waals surface area contributed by atoms with Crippen LogP contribution in [0.15, 0.2) is 52.3 Å². The zero-order chi connectivity index (χ0) is 14.1. The number of benzene rings is 2. The molecule has 100 valence electrons. The quantitative estimate of drug-likeness (QED) is 0.488. The lowest BCUT2D eigenvalue weighted by molar-refractivity contribution is 1.40. The van der Waals surface area contributed by atoms with E-state index in [0.29, 0.717) is 10.0 Å². The molecule has 0 unspecified atom stereocenters. The van der Waals surface area contributed by atoms with Crippen LogP contribution in [0.3, 0.4) is 0 Å². The predicted molar refractivity (Wildman–Crippen MR) is 90.7 cm³/mol. The summed E-state index contributed by atoms with van der Waals surface area (Å²) in [6.45, 7) is 0. The van der Waals surface area contributed by atoms with Gasteiger partial charge in [-0.2, -0.15) is 0 Å². The summed E-state index contributed by atoms with van der Waals surface area (Å²) in [5.41, 5.74) is 2.79. The first kappa shape index (κ1) is 14.1. The molecule has 0 radical (unpaired) electrons. The van der Waals surface area contributed by atoms with Crippen molar-refractivity contribution in [1.82, 2.24) is 4.98 Å². The third kappa shape index (κ3) is 2.77. The van der Waals surface area contributed by atoms with Gasteiger partial charge in [0, 0.05) is 21.0 Å². The average Bonchev–Trinajstić information content (AvgIpc) is 2.92. The van der Waals surface area contributed by atoms with Gasteiger partial charge in [-0.15, -0.1) is 11.3 Å². The molecule has 0 amide bonds. The fourth-order valence-electron chi connectivity index (χ4n) is 1.82. The summed E-state index contributed by atoms with van der Waals surface area (Å²) in [5.74, 6) is 0. The molecule has 1 nitrogen and oxygen atoms in total. The van der Waals surface area contributed by atoms with Gasteiger partial charge in [-0.3, -0.25) is 0 Å². The van der Waals surface area contributed by atoms with Crippen LogP contribution >= 0.6 is 50.5 Å². The number of hydrogen-bond acceptors (Lipinski definition) is 2. The molecular weight excluding hydrogens is 377 g/mol. The second kappa shape index (κ2) is 5.86. The zero-order valence-electron chi connectivity index (χ0n) is 10.1. The van der Waals surface area contributed by atoms with Gasteiger partial charge in [0.15, 0.2) is 0 Å². The maximum atomic E-state index is 6.23. The molecule has 20 heavy (non-hydrogen) atoms. The van der Waals surface area contributed by atoms with E-state index in [4.69, 9.17) is 23.2 Å². The molecule has 0 aliphatic rings. The van der Waals surface area contributed by atoms with Crippen LogP contribution in [0.1, 0.15) is 0 Å². The molecule has 3 rings (SSSR count). The minimum absolute atomic E-state index is 0.543. The molecule has 0 N–H and O–H groups in total. The van der Waals surface area contributed by atoms with Crippen molar-refractivity contribution < 1.29 is 0 Å². The van der Waals surface area contributed by atoms with Crippen molar-refractivity contribution >= 4 is 50.5 Å². The third-order valence-electron chi connectivity index (χ3n) is 2.82. The van der Waals surface area contributed by atoms with Crippen LogP contribution in [0.5, 0.6) is 0 Å². The second-order valence-corrected chi connectivity index (χ2v) is 6.71. The molecule has 3 aromatic rings. The van der Waals surface area contributed by atoms with Gasteiger partial charge in [0.05, 0.1) is 15.7 Å². The molecular formula is C15H8BrCl2NS. The Morgan fingerprint density at radius 2 is 1.75 bits per heavy atom. The van der Waals surface area contributed by atoms with E-state index < -0.39 is 0 Å². The van der Waals surface area contributed by atoms with Crippen LogP contribution in [-0.4, -0.2) is 4.98 Å². The van der Waals surface area contributed by atoms with Crippen LogP contribution in [0, 0.1) is 0 Å². The van der Waals surface area contributed by atoms with E-state index >= 15 is 0 Å². The minimum Gasteiger partial charge on any atom is -0.236 e. The molecule has 0 fully saturated rings. The number of thiazole rings is 1. The highest BCUT2D eigenvalue weighted by Gasteiger charge is 2.11. The Balaban J connectivity index is 2.02. The predicted octanol–water partition coefficient (Wildman–Crippen LogP) is 6.55. The van der Waals surface area contributed by atoms with Crippen LogP contribution in [0.25, 0.3) is 21.8 Å². The van der Waals surface area contributed by atoms with Crippen LogP contribution in [0.4, 0.5) is 0 Å². The van der Waals surface area contributed by atoms with Gasteiger partial charge in [0.1, 0.15) is 5.01 Å². The number of aromatic nitrogens is 1. The van der Waals surface area contributed by atoms with Gasteiger partial charge in [0.25, 0.3) is 0 Å². The Labute approximate surface area is 139 Å². The topological polar surface area (TPSA) is 12.9 Å². The number of rotatable bonds is 2. The number of hydrogen-bond donors (Lipinski definition) is 0. The lowest BCUT2D eigenvalue weighted by Crippen LogP contribution is -1.82. The Bertz CT molecular complexity index is 753. The second-order valence-electron chi connectivity index (χ2n) is 4.15. The summed E-state index contributed by atoms with van der Waals surface area (Å²) in [7, 11) is 0. The molecule has 0 atom stereocenters. The Kier molecular flexibility index (Phi) is 4.13. The number of halogens is 3. The Morgan fingerprint density at radius 3 is 2.50 bits per heavy atom. The lowest BCUT2D eigenvalue weighted by atomic mass is 10.2. The molecule has 5 heteroatoms. The van der Waals surface area contributed by atoms with Gasteiger partial charge in [-0.1, -0.05) is 63.4 Å². The van der Waals surface area contributed by atoms with Crippen molar-refractivity contribution in [3.63, 3.8) is 0 Å². The van der Waals surface area contributed by atoms with Crippen molar-refractivity contribution in [3.05, 3.63) is 62.4 Å². The highest BCUT2D eigenvalue weighted by atomic mass is 79.9. The molecule has 1 heterocycles. The van der Waals surface area contributed by atoms with Crippen LogP contribution < -0.4 is 0 Å². The molecule has 0 aliphatic carbocycles. The SMILES string of the molecule is Clc1cccc(-c2csc(-c3ccc(Br)cc3)n2)c1Cl. The molecule has 0 bridgehead atoms. The number of nitrogens with zero attached hydrogens (tertiary/aromatic N) is 1. The van der Waals surface area contributed by atoms with Gasteiger partial charge < -0.3 is 0 Å². The molecule has 0 saturated heterocycles. The fraction of sp³-hybridized carbons (Fsp3) is 0. The fourth-order valence-corrected chi connectivity index (χ4v) is 3.31. The minimum atomic E-state index is 0.543. The van der Waals surface area contributed by atoms with Gasteiger partial charge in [-0.25, -0.2) is 4.98 Å². The monoisotopic (exact) mass is 383 g/mol. The van der Waals surface area contributed by atoms with Crippen molar-refractivity contribution in [2.75, 3.05) is 0 Å². The summed E-state index contributed by atoms with van der Waals surface area (Å²) in [4.78, 5) is 4.64. The first-order valence-corrected chi connectivity index (χ1v) is 8.24. The van der Waals surface area contributed by atoms with E-state index in [2.05, 4.69) is 20.9 Å². The van der Waals surface area contributed by atoms with Gasteiger partial charge >= 0.3 is 0 Å². The normalized spacial score (nSPS) is 10.8. The average molecular weight is 385 g/mol. The van der Waals surface area contributed by atoms with Crippen molar-refractivity contribution in [1.29, 1.82) is 0 Å². The molecule has 2 aromatic carbocycles. The Morgan fingerprint density at radius 1 is 1.00 bits per heavy atom. The van der Waals surface area contributed by atoms with Gasteiger partial charge in [-0.05, 0) is 18.2 Å². The largest absolute Gasteiger partial charge is 0.236 e. The summed E-state index contributed by atoms with van der Waals surface area (Å²) >= 11 is 17.3. The van der Waals surface area contributed by atoms with E-state index in [-0.39, 0.29) is 0 Å². The van der Waals surface area contributed by atoms with E-state index in [1.54, 1.807) is 17.4 Å². The first-order valence-electron chi connectivity index (χ1n) is 5.81. The molecule has 0 saturated carbocycles. The van der Waals surface area contributed by atoms with Gasteiger partial charge in [0.2, 0.25) is 0 Å². The Hall–Kier alpha value is -0.870. The van der Waals surface area contributed by atoms with Crippen molar-refractivity contribution in [3.8, 4) is 21.8 Å². The summed E-state index contributed by atoms with van der Waals surface area (Å²) in [5, 5.41) is 4.04. The maximum absolute atomic E-state index is 6.23. The standard InChI is InChI=1S/C15H8BrCl2NS/c16-10-6-4-9(5-7-10)15-19-13(8-20-15)11-2-1-3-12(17)14(11)18/h1-8H. The summed E-state index contributed by atoms with van der Waals surface area (Å²) in [6.07, 6.45) is 0. The maximum Gasteiger partial charge on any atom is 0.124 e. The molecule has 0 spiro atoms. The highest BCUT2D eigenvalue weighted by molar-refractivity contribution is 9.10. The molecule has 0 aliphatic heterocycles. The first-order chi connectivity index (χ1) is 9.65. The summed E-state index contributed by atoms with van der Waals surface area (Å²) in [6, 6.07) is 13.6. The van der Waals surface area contributed by atoms with E-state index in [0.717, 1.165) is 26.3 Å². The van der Waals surface area contributed by atoms with Crippen LogP contribution in [-0.2, 0) is 0 Å². The van der Waals surface area contributed by atoms with E-state index in [9.17, 15) is 0 Å². The van der Waals surface area contributed by atoms with Crippen LogP contribution in [0.2, 0.25) is 10.0 Å². The summed E-state index contributed by atoms with van der Waals surface area (Å²) < 4.78 is 1.05. The highest BCUT2D eigenvalue weighted by Crippen LogP contribution is 2.36. The van der Waals surface area contributed by atoms with Crippen molar-refractivity contribution in [2.24, 2.45) is 0 Å².